The van der Waals surface area contributed by atoms with Crippen LogP contribution >= 0.6 is 11.3 Å². The Morgan fingerprint density at radius 1 is 1.17 bits per heavy atom. The number of ether oxygens (including phenoxy) is 2. The molecule has 1 amide bonds. The van der Waals surface area contributed by atoms with E-state index in [9.17, 15) is 9.59 Å². The number of carbonyl (C=O) groups is 1. The maximum atomic E-state index is 12.8. The van der Waals surface area contributed by atoms with Gasteiger partial charge in [0.25, 0.3) is 11.1 Å². The maximum Gasteiger partial charge on any atom is 0.339 e. The molecular formula is C21H20N2O5S. The van der Waals surface area contributed by atoms with Gasteiger partial charge in [0.2, 0.25) is 0 Å². The number of piperidine rings is 1. The van der Waals surface area contributed by atoms with E-state index in [-0.39, 0.29) is 12.0 Å². The number of benzene rings is 1. The first-order chi connectivity index (χ1) is 14.1. The summed E-state index contributed by atoms with van der Waals surface area (Å²) in [6, 6.07) is 10.1. The van der Waals surface area contributed by atoms with E-state index in [2.05, 4.69) is 4.98 Å². The highest BCUT2D eigenvalue weighted by Gasteiger charge is 2.25. The molecule has 1 aliphatic heterocycles. The SMILES string of the molecule is Cc1cc(OC2CCN(C(=O)c3ccc(Oc4nccs4)cc3)CC2)cc(=O)o1. The Balaban J connectivity index is 1.32. The summed E-state index contributed by atoms with van der Waals surface area (Å²) in [7, 11) is 0. The van der Waals surface area contributed by atoms with Crippen molar-refractivity contribution in [3.63, 3.8) is 0 Å². The third kappa shape index (κ3) is 4.83. The summed E-state index contributed by atoms with van der Waals surface area (Å²) in [6.07, 6.45) is 3.06. The highest BCUT2D eigenvalue weighted by molar-refractivity contribution is 7.11. The van der Waals surface area contributed by atoms with E-state index in [1.165, 1.54) is 17.4 Å². The van der Waals surface area contributed by atoms with E-state index in [0.717, 1.165) is 0 Å². The maximum absolute atomic E-state index is 12.8. The molecule has 0 atom stereocenters. The van der Waals surface area contributed by atoms with Gasteiger partial charge in [-0.1, -0.05) is 11.3 Å². The largest absolute Gasteiger partial charge is 0.490 e. The lowest BCUT2D eigenvalue weighted by Crippen LogP contribution is -2.41. The zero-order chi connectivity index (χ0) is 20.2. The van der Waals surface area contributed by atoms with Crippen molar-refractivity contribution < 1.29 is 18.7 Å². The number of carbonyl (C=O) groups excluding carboxylic acids is 1. The molecule has 150 valence electrons. The van der Waals surface area contributed by atoms with Crippen LogP contribution in [-0.4, -0.2) is 35.0 Å². The van der Waals surface area contributed by atoms with Crippen LogP contribution in [0.4, 0.5) is 0 Å². The van der Waals surface area contributed by atoms with E-state index >= 15 is 0 Å². The molecule has 1 saturated heterocycles. The molecule has 0 radical (unpaired) electrons. The van der Waals surface area contributed by atoms with Crippen LogP contribution < -0.4 is 15.1 Å². The van der Waals surface area contributed by atoms with E-state index in [1.54, 1.807) is 43.5 Å². The van der Waals surface area contributed by atoms with E-state index in [4.69, 9.17) is 13.9 Å². The van der Waals surface area contributed by atoms with Gasteiger partial charge in [-0.3, -0.25) is 4.79 Å². The molecule has 4 rings (SSSR count). The Labute approximate surface area is 171 Å². The van der Waals surface area contributed by atoms with Gasteiger partial charge in [-0.05, 0) is 31.2 Å². The van der Waals surface area contributed by atoms with Crippen molar-refractivity contribution in [2.24, 2.45) is 0 Å². The van der Waals surface area contributed by atoms with Gasteiger partial charge in [0, 0.05) is 49.1 Å². The number of amides is 1. The second-order valence-electron chi connectivity index (χ2n) is 6.76. The van der Waals surface area contributed by atoms with E-state index in [1.807, 2.05) is 10.3 Å². The first kappa shape index (κ1) is 19.2. The number of aryl methyl sites for hydroxylation is 1. The molecule has 7 nitrogen and oxygen atoms in total. The van der Waals surface area contributed by atoms with Crippen LogP contribution in [0.25, 0.3) is 0 Å². The van der Waals surface area contributed by atoms with Crippen LogP contribution in [0.5, 0.6) is 16.7 Å². The van der Waals surface area contributed by atoms with E-state index in [0.29, 0.717) is 53.9 Å². The normalized spacial score (nSPS) is 14.6. The summed E-state index contributed by atoms with van der Waals surface area (Å²) in [5.41, 5.74) is 0.196. The second-order valence-corrected chi connectivity index (χ2v) is 7.61. The minimum Gasteiger partial charge on any atom is -0.490 e. The lowest BCUT2D eigenvalue weighted by atomic mass is 10.1. The number of rotatable bonds is 5. The molecule has 3 heterocycles. The molecule has 0 aliphatic carbocycles. The summed E-state index contributed by atoms with van der Waals surface area (Å²) in [5.74, 6) is 1.66. The highest BCUT2D eigenvalue weighted by Crippen LogP contribution is 2.24. The Bertz CT molecular complexity index is 1020. The summed E-state index contributed by atoms with van der Waals surface area (Å²) in [5, 5.41) is 2.41. The Kier molecular flexibility index (Phi) is 5.62. The lowest BCUT2D eigenvalue weighted by Gasteiger charge is -2.32. The third-order valence-corrected chi connectivity index (χ3v) is 5.26. The van der Waals surface area contributed by atoms with Crippen molar-refractivity contribution >= 4 is 17.2 Å². The van der Waals surface area contributed by atoms with Crippen molar-refractivity contribution in [2.45, 2.75) is 25.9 Å². The van der Waals surface area contributed by atoms with Crippen LogP contribution in [0, 0.1) is 6.92 Å². The zero-order valence-electron chi connectivity index (χ0n) is 15.9. The summed E-state index contributed by atoms with van der Waals surface area (Å²) in [6.45, 7) is 2.91. The number of thiazole rings is 1. The smallest absolute Gasteiger partial charge is 0.339 e. The fraction of sp³-hybridized carbons (Fsp3) is 0.286. The fourth-order valence-corrected chi connectivity index (χ4v) is 3.73. The molecule has 0 bridgehead atoms. The van der Waals surface area contributed by atoms with Crippen molar-refractivity contribution in [3.8, 4) is 16.7 Å². The fourth-order valence-electron chi connectivity index (χ4n) is 3.22. The van der Waals surface area contributed by atoms with Crippen LogP contribution in [0.15, 0.2) is 57.2 Å². The van der Waals surface area contributed by atoms with Gasteiger partial charge in [-0.25, -0.2) is 9.78 Å². The van der Waals surface area contributed by atoms with Crippen molar-refractivity contribution in [2.75, 3.05) is 13.1 Å². The zero-order valence-corrected chi connectivity index (χ0v) is 16.7. The number of nitrogens with zero attached hydrogens (tertiary/aromatic N) is 2. The topological polar surface area (TPSA) is 81.9 Å². The average Bonchev–Trinajstić information content (AvgIpc) is 3.21. The van der Waals surface area contributed by atoms with Gasteiger partial charge in [0.05, 0.1) is 6.07 Å². The molecule has 1 aliphatic rings. The van der Waals surface area contributed by atoms with Crippen molar-refractivity contribution in [1.82, 2.24) is 9.88 Å². The molecule has 0 spiro atoms. The van der Waals surface area contributed by atoms with Crippen LogP contribution in [0.3, 0.4) is 0 Å². The lowest BCUT2D eigenvalue weighted by molar-refractivity contribution is 0.0594. The van der Waals surface area contributed by atoms with Gasteiger partial charge >= 0.3 is 5.63 Å². The second kappa shape index (κ2) is 8.48. The molecule has 29 heavy (non-hydrogen) atoms. The van der Waals surface area contributed by atoms with Gasteiger partial charge in [0.1, 0.15) is 23.4 Å². The minimum atomic E-state index is -0.421. The minimum absolute atomic E-state index is 0.0135. The highest BCUT2D eigenvalue weighted by atomic mass is 32.1. The van der Waals surface area contributed by atoms with E-state index < -0.39 is 5.63 Å². The van der Waals surface area contributed by atoms with Crippen LogP contribution in [0.2, 0.25) is 0 Å². The van der Waals surface area contributed by atoms with Gasteiger partial charge in [-0.2, -0.15) is 0 Å². The van der Waals surface area contributed by atoms with Crippen molar-refractivity contribution in [3.05, 3.63) is 69.7 Å². The molecule has 1 fully saturated rings. The summed E-state index contributed by atoms with van der Waals surface area (Å²) >= 11 is 1.41. The molecule has 2 aromatic heterocycles. The first-order valence-corrected chi connectivity index (χ1v) is 10.2. The van der Waals surface area contributed by atoms with Gasteiger partial charge in [-0.15, -0.1) is 0 Å². The Morgan fingerprint density at radius 2 is 1.93 bits per heavy atom. The number of hydrogen-bond acceptors (Lipinski definition) is 7. The summed E-state index contributed by atoms with van der Waals surface area (Å²) in [4.78, 5) is 30.1. The van der Waals surface area contributed by atoms with Crippen molar-refractivity contribution in [1.29, 1.82) is 0 Å². The number of hydrogen-bond donors (Lipinski definition) is 0. The Hall–Kier alpha value is -3.13. The molecule has 0 saturated carbocycles. The quantitative estimate of drug-likeness (QED) is 0.633. The molecule has 3 aromatic rings. The standard InChI is InChI=1S/C21H20N2O5S/c1-14-12-18(13-19(24)26-14)27-17-6-9-23(10-7-17)20(25)15-2-4-16(5-3-15)28-21-22-8-11-29-21/h2-5,8,11-13,17H,6-7,9-10H2,1H3. The summed E-state index contributed by atoms with van der Waals surface area (Å²) < 4.78 is 16.5. The average molecular weight is 412 g/mol. The van der Waals surface area contributed by atoms with Gasteiger partial charge in [0.15, 0.2) is 0 Å². The first-order valence-electron chi connectivity index (χ1n) is 9.32. The van der Waals surface area contributed by atoms with Gasteiger partial charge < -0.3 is 18.8 Å². The number of aromatic nitrogens is 1. The molecular weight excluding hydrogens is 392 g/mol. The predicted molar refractivity (Wildman–Crippen MR) is 108 cm³/mol. The molecule has 0 unspecified atom stereocenters. The molecule has 0 N–H and O–H groups in total. The van der Waals surface area contributed by atoms with Crippen LogP contribution in [-0.2, 0) is 0 Å². The number of likely N-dealkylation sites (tertiary alicyclic amines) is 1. The monoisotopic (exact) mass is 412 g/mol. The third-order valence-electron chi connectivity index (χ3n) is 4.62. The van der Waals surface area contributed by atoms with Crippen LogP contribution in [0.1, 0.15) is 29.0 Å². The predicted octanol–water partition coefficient (Wildman–Crippen LogP) is 3.88. The molecule has 8 heteroatoms. The molecule has 1 aromatic carbocycles. The Morgan fingerprint density at radius 3 is 2.59 bits per heavy atom.